The van der Waals surface area contributed by atoms with E-state index in [1.54, 1.807) is 4.90 Å². The summed E-state index contributed by atoms with van der Waals surface area (Å²) in [6.45, 7) is 0.855. The van der Waals surface area contributed by atoms with E-state index in [9.17, 15) is 9.90 Å². The maximum Gasteiger partial charge on any atom is 0.259 e. The number of aliphatic hydroxyl groups is 1. The van der Waals surface area contributed by atoms with Crippen LogP contribution in [0.4, 0.5) is 5.69 Å². The van der Waals surface area contributed by atoms with Crippen molar-refractivity contribution in [2.24, 2.45) is 0 Å². The highest BCUT2D eigenvalue weighted by Gasteiger charge is 2.30. The first-order valence-electron chi connectivity index (χ1n) is 8.37. The Labute approximate surface area is 146 Å². The molecule has 0 aliphatic carbocycles. The molecule has 126 valence electrons. The standard InChI is InChI=1S/C21H19NO3/c23-17(14-25-13-15-6-2-1-3-7-15)12-22-19-11-5-9-16-8-4-10-18(20(16)19)21(22)24/h1-11,17,23H,12-14H2/t17-/m0/s1. The Morgan fingerprint density at radius 3 is 2.52 bits per heavy atom. The lowest BCUT2D eigenvalue weighted by Crippen LogP contribution is -2.37. The highest BCUT2D eigenvalue weighted by atomic mass is 16.5. The number of rotatable bonds is 6. The number of β-amino-alcohol motifs (C(OH)–C–C–N with tert-alkyl or cyclic N) is 1. The van der Waals surface area contributed by atoms with Gasteiger partial charge in [-0.15, -0.1) is 0 Å². The van der Waals surface area contributed by atoms with E-state index in [-0.39, 0.29) is 19.1 Å². The number of benzene rings is 3. The van der Waals surface area contributed by atoms with Gasteiger partial charge in [0.15, 0.2) is 0 Å². The second-order valence-corrected chi connectivity index (χ2v) is 6.25. The second kappa shape index (κ2) is 6.67. The molecule has 0 saturated carbocycles. The lowest BCUT2D eigenvalue weighted by Gasteiger charge is -2.21. The maximum atomic E-state index is 12.7. The van der Waals surface area contributed by atoms with E-state index >= 15 is 0 Å². The van der Waals surface area contributed by atoms with Crippen LogP contribution in [-0.2, 0) is 11.3 Å². The molecular weight excluding hydrogens is 314 g/mol. The summed E-state index contributed by atoms with van der Waals surface area (Å²) < 4.78 is 5.59. The van der Waals surface area contributed by atoms with Gasteiger partial charge in [0.25, 0.3) is 5.91 Å². The van der Waals surface area contributed by atoms with Crippen LogP contribution in [0.3, 0.4) is 0 Å². The van der Waals surface area contributed by atoms with Crippen molar-refractivity contribution in [3.05, 3.63) is 77.9 Å². The molecule has 4 rings (SSSR count). The Morgan fingerprint density at radius 1 is 0.960 bits per heavy atom. The van der Waals surface area contributed by atoms with Crippen molar-refractivity contribution in [3.63, 3.8) is 0 Å². The molecule has 1 aliphatic heterocycles. The van der Waals surface area contributed by atoms with Gasteiger partial charge in [-0.2, -0.15) is 0 Å². The van der Waals surface area contributed by atoms with Gasteiger partial charge in [0, 0.05) is 10.9 Å². The third-order valence-corrected chi connectivity index (χ3v) is 4.46. The molecule has 0 spiro atoms. The van der Waals surface area contributed by atoms with Crippen LogP contribution < -0.4 is 4.90 Å². The normalized spacial score (nSPS) is 14.3. The molecule has 0 bridgehead atoms. The monoisotopic (exact) mass is 333 g/mol. The minimum Gasteiger partial charge on any atom is -0.389 e. The van der Waals surface area contributed by atoms with E-state index in [2.05, 4.69) is 0 Å². The highest BCUT2D eigenvalue weighted by molar-refractivity contribution is 6.25. The van der Waals surface area contributed by atoms with Gasteiger partial charge in [-0.25, -0.2) is 0 Å². The molecule has 3 aromatic rings. The minimum absolute atomic E-state index is 0.0612. The average Bonchev–Trinajstić information content (AvgIpc) is 2.91. The quantitative estimate of drug-likeness (QED) is 0.752. The Kier molecular flexibility index (Phi) is 4.22. The summed E-state index contributed by atoms with van der Waals surface area (Å²) in [6.07, 6.45) is -0.739. The van der Waals surface area contributed by atoms with Crippen molar-refractivity contribution < 1.29 is 14.6 Å². The zero-order chi connectivity index (χ0) is 17.2. The molecule has 1 amide bonds. The Morgan fingerprint density at radius 2 is 1.72 bits per heavy atom. The van der Waals surface area contributed by atoms with Gasteiger partial charge < -0.3 is 14.7 Å². The number of hydrogen-bond donors (Lipinski definition) is 1. The predicted octanol–water partition coefficient (Wildman–Crippen LogP) is 3.38. The zero-order valence-corrected chi connectivity index (χ0v) is 13.8. The number of ether oxygens (including phenoxy) is 1. The number of nitrogens with zero attached hydrogens (tertiary/aromatic N) is 1. The third-order valence-electron chi connectivity index (χ3n) is 4.46. The molecule has 25 heavy (non-hydrogen) atoms. The molecular formula is C21H19NO3. The maximum absolute atomic E-state index is 12.7. The van der Waals surface area contributed by atoms with Crippen molar-refractivity contribution in [2.45, 2.75) is 12.7 Å². The Hall–Kier alpha value is -2.69. The molecule has 1 atom stereocenters. The second-order valence-electron chi connectivity index (χ2n) is 6.25. The van der Waals surface area contributed by atoms with Crippen molar-refractivity contribution >= 4 is 22.4 Å². The van der Waals surface area contributed by atoms with Crippen molar-refractivity contribution in [3.8, 4) is 0 Å². The van der Waals surface area contributed by atoms with Crippen LogP contribution in [0.5, 0.6) is 0 Å². The van der Waals surface area contributed by atoms with Crippen molar-refractivity contribution in [1.29, 1.82) is 0 Å². The van der Waals surface area contributed by atoms with E-state index in [1.807, 2.05) is 66.7 Å². The van der Waals surface area contributed by atoms with Crippen molar-refractivity contribution in [2.75, 3.05) is 18.1 Å². The van der Waals surface area contributed by atoms with Gasteiger partial charge in [-0.3, -0.25) is 4.79 Å². The SMILES string of the molecule is O=C1c2cccc3cccc(c23)N1C[C@H](O)COCc1ccccc1. The fourth-order valence-electron chi connectivity index (χ4n) is 3.31. The summed E-state index contributed by atoms with van der Waals surface area (Å²) >= 11 is 0. The number of hydrogen-bond acceptors (Lipinski definition) is 3. The number of amides is 1. The molecule has 0 fully saturated rings. The van der Waals surface area contributed by atoms with E-state index in [0.717, 1.165) is 22.0 Å². The third kappa shape index (κ3) is 3.02. The minimum atomic E-state index is -0.739. The van der Waals surface area contributed by atoms with E-state index in [4.69, 9.17) is 4.74 Å². The topological polar surface area (TPSA) is 49.8 Å². The van der Waals surface area contributed by atoms with Crippen LogP contribution in [0.2, 0.25) is 0 Å². The molecule has 0 saturated heterocycles. The number of aliphatic hydroxyl groups excluding tert-OH is 1. The zero-order valence-electron chi connectivity index (χ0n) is 13.8. The summed E-state index contributed by atoms with van der Waals surface area (Å²) in [4.78, 5) is 14.3. The van der Waals surface area contributed by atoms with Crippen LogP contribution >= 0.6 is 0 Å². The van der Waals surface area contributed by atoms with Crippen LogP contribution in [0, 0.1) is 0 Å². The first kappa shape index (κ1) is 15.8. The van der Waals surface area contributed by atoms with Gasteiger partial charge in [-0.05, 0) is 23.1 Å². The van der Waals surface area contributed by atoms with Crippen LogP contribution in [0.25, 0.3) is 10.8 Å². The van der Waals surface area contributed by atoms with Gasteiger partial charge in [-0.1, -0.05) is 54.6 Å². The average molecular weight is 333 g/mol. The van der Waals surface area contributed by atoms with Crippen molar-refractivity contribution in [1.82, 2.24) is 0 Å². The Balaban J connectivity index is 1.43. The molecule has 4 heteroatoms. The van der Waals surface area contributed by atoms with Crippen LogP contribution in [-0.4, -0.2) is 30.3 Å². The van der Waals surface area contributed by atoms with Crippen LogP contribution in [0.15, 0.2) is 66.7 Å². The fraction of sp³-hybridized carbons (Fsp3) is 0.190. The number of carbonyl (C=O) groups is 1. The van der Waals surface area contributed by atoms with Gasteiger partial charge in [0.2, 0.25) is 0 Å². The largest absolute Gasteiger partial charge is 0.389 e. The summed E-state index contributed by atoms with van der Waals surface area (Å²) in [5.41, 5.74) is 2.62. The molecule has 0 aromatic heterocycles. The summed E-state index contributed by atoms with van der Waals surface area (Å²) in [6, 6.07) is 21.4. The molecule has 0 unspecified atom stereocenters. The van der Waals surface area contributed by atoms with E-state index in [1.165, 1.54) is 0 Å². The predicted molar refractivity (Wildman–Crippen MR) is 97.7 cm³/mol. The Bertz CT molecular complexity index is 902. The molecule has 1 N–H and O–H groups in total. The lowest BCUT2D eigenvalue weighted by molar-refractivity contribution is 0.0317. The highest BCUT2D eigenvalue weighted by Crippen LogP contribution is 2.37. The molecule has 4 nitrogen and oxygen atoms in total. The lowest BCUT2D eigenvalue weighted by atomic mass is 10.1. The molecule has 0 radical (unpaired) electrons. The molecule has 1 aliphatic rings. The van der Waals surface area contributed by atoms with Gasteiger partial charge in [0.1, 0.15) is 0 Å². The first-order chi connectivity index (χ1) is 12.2. The molecule has 3 aromatic carbocycles. The van der Waals surface area contributed by atoms with E-state index < -0.39 is 6.10 Å². The smallest absolute Gasteiger partial charge is 0.259 e. The number of carbonyl (C=O) groups excluding carboxylic acids is 1. The summed E-state index contributed by atoms with van der Waals surface area (Å²) in [7, 11) is 0. The summed E-state index contributed by atoms with van der Waals surface area (Å²) in [5, 5.41) is 12.3. The molecule has 1 heterocycles. The van der Waals surface area contributed by atoms with Gasteiger partial charge in [0.05, 0.1) is 31.5 Å². The summed E-state index contributed by atoms with van der Waals surface area (Å²) in [5.74, 6) is -0.0612. The van der Waals surface area contributed by atoms with Crippen LogP contribution in [0.1, 0.15) is 15.9 Å². The van der Waals surface area contributed by atoms with E-state index in [0.29, 0.717) is 12.2 Å². The fourth-order valence-corrected chi connectivity index (χ4v) is 3.31. The first-order valence-corrected chi connectivity index (χ1v) is 8.37. The van der Waals surface area contributed by atoms with Gasteiger partial charge >= 0.3 is 0 Å². The number of anilines is 1.